The predicted molar refractivity (Wildman–Crippen MR) is 59.2 cm³/mol. The van der Waals surface area contributed by atoms with Gasteiger partial charge in [-0.05, 0) is 19.9 Å². The van der Waals surface area contributed by atoms with E-state index >= 15 is 0 Å². The van der Waals surface area contributed by atoms with Crippen molar-refractivity contribution < 1.29 is 0 Å². The highest BCUT2D eigenvalue weighted by atomic mass is 15.3. The van der Waals surface area contributed by atoms with Gasteiger partial charge in [-0.15, -0.1) is 0 Å². The van der Waals surface area contributed by atoms with Gasteiger partial charge in [0.1, 0.15) is 0 Å². The van der Waals surface area contributed by atoms with Crippen molar-refractivity contribution in [2.45, 2.75) is 39.8 Å². The molecule has 1 rings (SSSR count). The van der Waals surface area contributed by atoms with Gasteiger partial charge in [-0.1, -0.05) is 20.3 Å². The van der Waals surface area contributed by atoms with Crippen LogP contribution in [-0.2, 0) is 6.54 Å². The van der Waals surface area contributed by atoms with Crippen molar-refractivity contribution in [2.24, 2.45) is 5.92 Å². The Kier molecular flexibility index (Phi) is 4.14. The first-order chi connectivity index (χ1) is 6.72. The van der Waals surface area contributed by atoms with Gasteiger partial charge in [-0.25, -0.2) is 0 Å². The zero-order valence-electron chi connectivity index (χ0n) is 9.62. The summed E-state index contributed by atoms with van der Waals surface area (Å²) < 4.78 is 1.97. The van der Waals surface area contributed by atoms with Gasteiger partial charge < -0.3 is 5.32 Å². The Labute approximate surface area is 86.5 Å². The molecule has 0 aliphatic rings. The average molecular weight is 195 g/mol. The Morgan fingerprint density at radius 2 is 2.21 bits per heavy atom. The molecular weight excluding hydrogens is 174 g/mol. The van der Waals surface area contributed by atoms with E-state index in [0.717, 1.165) is 6.54 Å². The van der Waals surface area contributed by atoms with Crippen molar-refractivity contribution in [1.29, 1.82) is 0 Å². The Balaban J connectivity index is 2.78. The molecule has 2 atom stereocenters. The Hall–Kier alpha value is -0.830. The molecule has 1 heterocycles. The SMILES string of the molecule is CCC(C)C(NC)c1cnn(CC)c1. The highest BCUT2D eigenvalue weighted by Crippen LogP contribution is 2.23. The molecule has 0 radical (unpaired) electrons. The summed E-state index contributed by atoms with van der Waals surface area (Å²) in [7, 11) is 2.01. The Morgan fingerprint density at radius 3 is 2.64 bits per heavy atom. The van der Waals surface area contributed by atoms with E-state index in [1.54, 1.807) is 0 Å². The van der Waals surface area contributed by atoms with Crippen LogP contribution in [0.1, 0.15) is 38.8 Å². The topological polar surface area (TPSA) is 29.9 Å². The summed E-state index contributed by atoms with van der Waals surface area (Å²) in [5.41, 5.74) is 1.30. The van der Waals surface area contributed by atoms with E-state index in [9.17, 15) is 0 Å². The van der Waals surface area contributed by atoms with Crippen LogP contribution in [0, 0.1) is 5.92 Å². The summed E-state index contributed by atoms with van der Waals surface area (Å²) in [6, 6.07) is 0.431. The maximum absolute atomic E-state index is 4.30. The second-order valence-corrected chi connectivity index (χ2v) is 3.78. The molecule has 0 aliphatic carbocycles. The van der Waals surface area contributed by atoms with E-state index < -0.39 is 0 Å². The van der Waals surface area contributed by atoms with Gasteiger partial charge in [0.2, 0.25) is 0 Å². The highest BCUT2D eigenvalue weighted by molar-refractivity contribution is 5.11. The van der Waals surface area contributed by atoms with Gasteiger partial charge >= 0.3 is 0 Å². The fourth-order valence-corrected chi connectivity index (χ4v) is 1.73. The zero-order chi connectivity index (χ0) is 10.6. The van der Waals surface area contributed by atoms with E-state index in [0.29, 0.717) is 12.0 Å². The quantitative estimate of drug-likeness (QED) is 0.780. The van der Waals surface area contributed by atoms with Gasteiger partial charge in [-0.3, -0.25) is 4.68 Å². The number of aromatic nitrogens is 2. The molecule has 0 aromatic carbocycles. The van der Waals surface area contributed by atoms with Gasteiger partial charge in [0.15, 0.2) is 0 Å². The molecule has 0 saturated heterocycles. The molecule has 1 aromatic rings. The van der Waals surface area contributed by atoms with E-state index in [2.05, 4.69) is 37.4 Å². The lowest BCUT2D eigenvalue weighted by molar-refractivity contribution is 0.400. The van der Waals surface area contributed by atoms with Crippen LogP contribution in [0.2, 0.25) is 0 Å². The fraction of sp³-hybridized carbons (Fsp3) is 0.727. The molecule has 0 saturated carbocycles. The van der Waals surface area contributed by atoms with Crippen LogP contribution in [0.5, 0.6) is 0 Å². The number of hydrogen-bond donors (Lipinski definition) is 1. The molecule has 2 unspecified atom stereocenters. The number of nitrogens with zero attached hydrogens (tertiary/aromatic N) is 2. The fourth-order valence-electron chi connectivity index (χ4n) is 1.73. The van der Waals surface area contributed by atoms with Crippen LogP contribution in [0.3, 0.4) is 0 Å². The minimum absolute atomic E-state index is 0.431. The maximum atomic E-state index is 4.30. The van der Waals surface area contributed by atoms with Gasteiger partial charge in [-0.2, -0.15) is 5.10 Å². The molecule has 3 heteroatoms. The first kappa shape index (κ1) is 11.2. The molecular formula is C11H21N3. The number of rotatable bonds is 5. The minimum Gasteiger partial charge on any atom is -0.313 e. The number of aryl methyl sites for hydroxylation is 1. The lowest BCUT2D eigenvalue weighted by Crippen LogP contribution is -2.22. The first-order valence-electron chi connectivity index (χ1n) is 5.42. The summed E-state index contributed by atoms with van der Waals surface area (Å²) >= 11 is 0. The van der Waals surface area contributed by atoms with Crippen LogP contribution in [0.15, 0.2) is 12.4 Å². The first-order valence-corrected chi connectivity index (χ1v) is 5.42. The summed E-state index contributed by atoms with van der Waals surface area (Å²) in [6.07, 6.45) is 5.28. The van der Waals surface area contributed by atoms with Crippen molar-refractivity contribution in [2.75, 3.05) is 7.05 Å². The normalized spacial score (nSPS) is 15.4. The molecule has 1 aromatic heterocycles. The molecule has 0 aliphatic heterocycles. The lowest BCUT2D eigenvalue weighted by Gasteiger charge is -2.20. The van der Waals surface area contributed by atoms with Crippen LogP contribution in [0.25, 0.3) is 0 Å². The average Bonchev–Trinajstić information content (AvgIpc) is 2.67. The monoisotopic (exact) mass is 195 g/mol. The molecule has 0 spiro atoms. The van der Waals surface area contributed by atoms with E-state index in [1.165, 1.54) is 12.0 Å². The van der Waals surface area contributed by atoms with Crippen molar-refractivity contribution in [3.63, 3.8) is 0 Å². The maximum Gasteiger partial charge on any atom is 0.0537 e. The summed E-state index contributed by atoms with van der Waals surface area (Å²) in [5.74, 6) is 0.648. The van der Waals surface area contributed by atoms with Crippen LogP contribution in [-0.4, -0.2) is 16.8 Å². The second-order valence-electron chi connectivity index (χ2n) is 3.78. The third-order valence-electron chi connectivity index (χ3n) is 2.86. The number of hydrogen-bond acceptors (Lipinski definition) is 2. The molecule has 80 valence electrons. The summed E-state index contributed by atoms with van der Waals surface area (Å²) in [5, 5.41) is 7.65. The molecule has 0 fully saturated rings. The third kappa shape index (κ3) is 2.35. The molecule has 14 heavy (non-hydrogen) atoms. The van der Waals surface area contributed by atoms with E-state index in [1.807, 2.05) is 17.9 Å². The van der Waals surface area contributed by atoms with Crippen molar-refractivity contribution >= 4 is 0 Å². The van der Waals surface area contributed by atoms with Crippen molar-refractivity contribution in [1.82, 2.24) is 15.1 Å². The van der Waals surface area contributed by atoms with E-state index in [-0.39, 0.29) is 0 Å². The zero-order valence-corrected chi connectivity index (χ0v) is 9.62. The van der Waals surface area contributed by atoms with Crippen LogP contribution >= 0.6 is 0 Å². The molecule has 0 amide bonds. The van der Waals surface area contributed by atoms with Crippen molar-refractivity contribution in [3.05, 3.63) is 18.0 Å². The standard InChI is InChI=1S/C11H21N3/c1-5-9(3)11(12-4)10-7-13-14(6-2)8-10/h7-9,11-12H,5-6H2,1-4H3. The highest BCUT2D eigenvalue weighted by Gasteiger charge is 2.17. The van der Waals surface area contributed by atoms with Crippen LogP contribution < -0.4 is 5.32 Å². The van der Waals surface area contributed by atoms with Gasteiger partial charge in [0.05, 0.1) is 6.20 Å². The Bertz CT molecular complexity index is 267. The lowest BCUT2D eigenvalue weighted by atomic mass is 9.95. The second kappa shape index (κ2) is 5.15. The third-order valence-corrected chi connectivity index (χ3v) is 2.86. The molecule has 0 bridgehead atoms. The predicted octanol–water partition coefficient (Wildman–Crippen LogP) is 2.21. The van der Waals surface area contributed by atoms with Gasteiger partial charge in [0, 0.05) is 24.3 Å². The van der Waals surface area contributed by atoms with Crippen molar-refractivity contribution in [3.8, 4) is 0 Å². The smallest absolute Gasteiger partial charge is 0.0537 e. The summed E-state index contributed by atoms with van der Waals surface area (Å²) in [4.78, 5) is 0. The minimum atomic E-state index is 0.431. The largest absolute Gasteiger partial charge is 0.313 e. The van der Waals surface area contributed by atoms with Crippen LogP contribution in [0.4, 0.5) is 0 Å². The van der Waals surface area contributed by atoms with Gasteiger partial charge in [0.25, 0.3) is 0 Å². The number of nitrogens with one attached hydrogen (secondary N) is 1. The van der Waals surface area contributed by atoms with E-state index in [4.69, 9.17) is 0 Å². The molecule has 1 N–H and O–H groups in total. The molecule has 3 nitrogen and oxygen atoms in total. The summed E-state index contributed by atoms with van der Waals surface area (Å²) in [6.45, 7) is 7.54. The Morgan fingerprint density at radius 1 is 1.50 bits per heavy atom.